The highest BCUT2D eigenvalue weighted by atomic mass is 19.3. The summed E-state index contributed by atoms with van der Waals surface area (Å²) in [6.07, 6.45) is 0.696. The molecule has 0 aromatic heterocycles. The molecule has 144 valence electrons. The zero-order valence-electron chi connectivity index (χ0n) is 14.5. The van der Waals surface area contributed by atoms with Gasteiger partial charge >= 0.3 is 6.61 Å². The van der Waals surface area contributed by atoms with Crippen LogP contribution in [0, 0.1) is 0 Å². The Morgan fingerprint density at radius 3 is 2.22 bits per heavy atom. The van der Waals surface area contributed by atoms with Crippen LogP contribution in [0.3, 0.4) is 0 Å². The number of hydrogen-bond donors (Lipinski definition) is 3. The van der Waals surface area contributed by atoms with E-state index in [0.717, 1.165) is 5.56 Å². The molecule has 0 saturated carbocycles. The summed E-state index contributed by atoms with van der Waals surface area (Å²) >= 11 is 0. The third kappa shape index (κ3) is 7.31. The van der Waals surface area contributed by atoms with Gasteiger partial charge in [0.2, 0.25) is 5.91 Å². The Hall–Kier alpha value is -3.16. The molecule has 0 atom stereocenters. The average Bonchev–Trinajstić information content (AvgIpc) is 2.64. The Kier molecular flexibility index (Phi) is 7.54. The van der Waals surface area contributed by atoms with E-state index in [2.05, 4.69) is 15.4 Å². The maximum atomic E-state index is 12.1. The number of amides is 2. The maximum absolute atomic E-state index is 12.1. The number of alkyl halides is 2. The van der Waals surface area contributed by atoms with E-state index in [9.17, 15) is 23.5 Å². The summed E-state index contributed by atoms with van der Waals surface area (Å²) in [5.74, 6) is -0.324. The number of aryl methyl sites for hydroxylation is 1. The lowest BCUT2D eigenvalue weighted by atomic mass is 10.1. The second-order valence-electron chi connectivity index (χ2n) is 5.68. The smallest absolute Gasteiger partial charge is 0.387 e. The highest BCUT2D eigenvalue weighted by Gasteiger charge is 2.07. The van der Waals surface area contributed by atoms with Crippen LogP contribution in [0.2, 0.25) is 0 Å². The quantitative estimate of drug-likeness (QED) is 0.585. The molecule has 0 saturated heterocycles. The lowest BCUT2D eigenvalue weighted by Crippen LogP contribution is -2.34. The SMILES string of the molecule is O=C(CCc1ccc(OC(F)F)cc1)NCCNC(=O)c1ccc(O)cc1. The van der Waals surface area contributed by atoms with E-state index >= 15 is 0 Å². The molecule has 0 fully saturated rings. The Labute approximate surface area is 155 Å². The summed E-state index contributed by atoms with van der Waals surface area (Å²) in [4.78, 5) is 23.6. The van der Waals surface area contributed by atoms with Crippen molar-refractivity contribution < 1.29 is 28.2 Å². The number of hydrogen-bond acceptors (Lipinski definition) is 4. The molecule has 2 rings (SSSR count). The summed E-state index contributed by atoms with van der Waals surface area (Å²) in [5.41, 5.74) is 1.24. The Morgan fingerprint density at radius 2 is 1.59 bits per heavy atom. The predicted octanol–water partition coefficient (Wildman–Crippen LogP) is 2.47. The lowest BCUT2D eigenvalue weighted by Gasteiger charge is -2.08. The van der Waals surface area contributed by atoms with Crippen molar-refractivity contribution in [1.29, 1.82) is 0 Å². The van der Waals surface area contributed by atoms with Crippen LogP contribution in [0.1, 0.15) is 22.3 Å². The molecule has 0 aliphatic heterocycles. The standard InChI is InChI=1S/C19H20F2N2O4/c20-19(21)27-16-8-1-13(2-9-16)3-10-17(25)22-11-12-23-18(26)14-4-6-15(24)7-5-14/h1-2,4-9,19,24H,3,10-12H2,(H,22,25)(H,23,26). The second kappa shape index (κ2) is 10.1. The molecule has 0 aliphatic carbocycles. The van der Waals surface area contributed by atoms with E-state index in [4.69, 9.17) is 0 Å². The predicted molar refractivity (Wildman–Crippen MR) is 94.8 cm³/mol. The van der Waals surface area contributed by atoms with Gasteiger partial charge in [0.25, 0.3) is 5.91 Å². The van der Waals surface area contributed by atoms with E-state index in [-0.39, 0.29) is 42.8 Å². The van der Waals surface area contributed by atoms with Gasteiger partial charge < -0.3 is 20.5 Å². The summed E-state index contributed by atoms with van der Waals surface area (Å²) in [6, 6.07) is 12.0. The van der Waals surface area contributed by atoms with Crippen LogP contribution in [0.4, 0.5) is 8.78 Å². The maximum Gasteiger partial charge on any atom is 0.387 e. The normalized spacial score (nSPS) is 10.5. The van der Waals surface area contributed by atoms with Gasteiger partial charge in [-0.15, -0.1) is 0 Å². The summed E-state index contributed by atoms with van der Waals surface area (Å²) in [6.45, 7) is -2.31. The number of carbonyl (C=O) groups excluding carboxylic acids is 2. The first-order chi connectivity index (χ1) is 12.9. The monoisotopic (exact) mass is 378 g/mol. The third-order valence-electron chi connectivity index (χ3n) is 3.65. The van der Waals surface area contributed by atoms with Gasteiger partial charge in [0.1, 0.15) is 11.5 Å². The van der Waals surface area contributed by atoms with Crippen molar-refractivity contribution >= 4 is 11.8 Å². The van der Waals surface area contributed by atoms with Gasteiger partial charge in [0.15, 0.2) is 0 Å². The van der Waals surface area contributed by atoms with Gasteiger partial charge in [-0.05, 0) is 48.4 Å². The van der Waals surface area contributed by atoms with Crippen molar-refractivity contribution in [3.05, 3.63) is 59.7 Å². The molecule has 6 nitrogen and oxygen atoms in total. The Bertz CT molecular complexity index is 749. The minimum absolute atomic E-state index is 0.0718. The van der Waals surface area contributed by atoms with Crippen molar-refractivity contribution in [2.24, 2.45) is 0 Å². The molecule has 2 amide bonds. The molecule has 3 N–H and O–H groups in total. The summed E-state index contributed by atoms with van der Waals surface area (Å²) in [5, 5.41) is 14.5. The van der Waals surface area contributed by atoms with Gasteiger partial charge in [0.05, 0.1) is 0 Å². The molecular formula is C19H20F2N2O4. The van der Waals surface area contributed by atoms with Crippen molar-refractivity contribution in [3.8, 4) is 11.5 Å². The molecule has 2 aromatic carbocycles. The number of benzene rings is 2. The summed E-state index contributed by atoms with van der Waals surface area (Å²) < 4.78 is 28.4. The number of ether oxygens (including phenoxy) is 1. The van der Waals surface area contributed by atoms with E-state index in [1.54, 1.807) is 12.1 Å². The van der Waals surface area contributed by atoms with Crippen LogP contribution in [0.5, 0.6) is 11.5 Å². The molecule has 8 heteroatoms. The first-order valence-corrected chi connectivity index (χ1v) is 8.32. The van der Waals surface area contributed by atoms with E-state index in [0.29, 0.717) is 12.0 Å². The number of carbonyl (C=O) groups is 2. The van der Waals surface area contributed by atoms with Gasteiger partial charge in [-0.25, -0.2) is 0 Å². The number of halogens is 2. The molecule has 0 spiro atoms. The van der Waals surface area contributed by atoms with Gasteiger partial charge in [-0.1, -0.05) is 12.1 Å². The van der Waals surface area contributed by atoms with E-state index < -0.39 is 6.61 Å². The fourth-order valence-corrected chi connectivity index (χ4v) is 2.28. The summed E-state index contributed by atoms with van der Waals surface area (Å²) in [7, 11) is 0. The van der Waals surface area contributed by atoms with Crippen LogP contribution in [0.25, 0.3) is 0 Å². The van der Waals surface area contributed by atoms with Crippen molar-refractivity contribution in [1.82, 2.24) is 10.6 Å². The molecule has 0 radical (unpaired) electrons. The van der Waals surface area contributed by atoms with Gasteiger partial charge in [0, 0.05) is 25.1 Å². The third-order valence-corrected chi connectivity index (χ3v) is 3.65. The fourth-order valence-electron chi connectivity index (χ4n) is 2.28. The van der Waals surface area contributed by atoms with Crippen LogP contribution >= 0.6 is 0 Å². The molecule has 27 heavy (non-hydrogen) atoms. The van der Waals surface area contributed by atoms with E-state index in [1.807, 2.05) is 0 Å². The number of aromatic hydroxyl groups is 1. The zero-order valence-corrected chi connectivity index (χ0v) is 14.5. The molecule has 0 unspecified atom stereocenters. The second-order valence-corrected chi connectivity index (χ2v) is 5.68. The van der Waals surface area contributed by atoms with Crippen LogP contribution in [-0.4, -0.2) is 36.6 Å². The zero-order chi connectivity index (χ0) is 19.6. The van der Waals surface area contributed by atoms with Gasteiger partial charge in [-0.2, -0.15) is 8.78 Å². The highest BCUT2D eigenvalue weighted by molar-refractivity contribution is 5.94. The highest BCUT2D eigenvalue weighted by Crippen LogP contribution is 2.15. The van der Waals surface area contributed by atoms with Gasteiger partial charge in [-0.3, -0.25) is 9.59 Å². The topological polar surface area (TPSA) is 87.7 Å². The molecular weight excluding hydrogens is 358 g/mol. The van der Waals surface area contributed by atoms with Crippen LogP contribution in [-0.2, 0) is 11.2 Å². The number of phenols is 1. The molecule has 0 heterocycles. The van der Waals surface area contributed by atoms with Crippen LogP contribution < -0.4 is 15.4 Å². The van der Waals surface area contributed by atoms with Crippen molar-refractivity contribution in [2.45, 2.75) is 19.5 Å². The minimum atomic E-state index is -2.86. The first-order valence-electron chi connectivity index (χ1n) is 8.32. The largest absolute Gasteiger partial charge is 0.508 e. The Balaban J connectivity index is 1.63. The number of phenolic OH excluding ortho intramolecular Hbond substituents is 1. The Morgan fingerprint density at radius 1 is 0.963 bits per heavy atom. The minimum Gasteiger partial charge on any atom is -0.508 e. The molecule has 0 bridgehead atoms. The number of nitrogens with one attached hydrogen (secondary N) is 2. The van der Waals surface area contributed by atoms with Crippen LogP contribution in [0.15, 0.2) is 48.5 Å². The van der Waals surface area contributed by atoms with Crippen molar-refractivity contribution in [2.75, 3.05) is 13.1 Å². The fraction of sp³-hybridized carbons (Fsp3) is 0.263. The lowest BCUT2D eigenvalue weighted by molar-refractivity contribution is -0.121. The first kappa shape index (κ1) is 20.2. The average molecular weight is 378 g/mol. The van der Waals surface area contributed by atoms with Crippen molar-refractivity contribution in [3.63, 3.8) is 0 Å². The number of rotatable bonds is 9. The van der Waals surface area contributed by atoms with E-state index in [1.165, 1.54) is 36.4 Å². The molecule has 2 aromatic rings. The molecule has 0 aliphatic rings.